The van der Waals surface area contributed by atoms with Crippen molar-refractivity contribution >= 4 is 17.5 Å². The zero-order chi connectivity index (χ0) is 16.9. The van der Waals surface area contributed by atoms with Gasteiger partial charge in [0.2, 0.25) is 0 Å². The van der Waals surface area contributed by atoms with E-state index in [1.807, 2.05) is 6.07 Å². The molecule has 3 aromatic rings. The van der Waals surface area contributed by atoms with Crippen molar-refractivity contribution in [3.05, 3.63) is 94.2 Å². The Hall–Kier alpha value is -3.47. The van der Waals surface area contributed by atoms with E-state index >= 15 is 0 Å². The second-order valence-corrected chi connectivity index (χ2v) is 5.04. The van der Waals surface area contributed by atoms with Crippen molar-refractivity contribution in [3.8, 4) is 11.3 Å². The van der Waals surface area contributed by atoms with E-state index in [0.717, 1.165) is 0 Å². The van der Waals surface area contributed by atoms with Gasteiger partial charge in [-0.2, -0.15) is 0 Å². The van der Waals surface area contributed by atoms with E-state index in [1.54, 1.807) is 60.7 Å². The first-order valence-corrected chi connectivity index (χ1v) is 7.26. The predicted molar refractivity (Wildman–Crippen MR) is 90.6 cm³/mol. The summed E-state index contributed by atoms with van der Waals surface area (Å²) in [6.07, 6.45) is 2.96. The van der Waals surface area contributed by atoms with Crippen LogP contribution < -0.4 is 0 Å². The van der Waals surface area contributed by atoms with E-state index in [-0.39, 0.29) is 11.5 Å². The van der Waals surface area contributed by atoms with Gasteiger partial charge in [0, 0.05) is 11.6 Å². The fourth-order valence-corrected chi connectivity index (χ4v) is 2.28. The summed E-state index contributed by atoms with van der Waals surface area (Å²) in [6.45, 7) is 0. The van der Waals surface area contributed by atoms with Crippen molar-refractivity contribution < 1.29 is 14.1 Å². The summed E-state index contributed by atoms with van der Waals surface area (Å²) < 4.78 is 5.60. The molecule has 0 saturated heterocycles. The molecule has 0 radical (unpaired) electrons. The lowest BCUT2D eigenvalue weighted by atomic mass is 10.1. The molecule has 1 heterocycles. The predicted octanol–water partition coefficient (Wildman–Crippen LogP) is 4.75. The molecule has 0 atom stereocenters. The Morgan fingerprint density at radius 1 is 0.958 bits per heavy atom. The van der Waals surface area contributed by atoms with Crippen molar-refractivity contribution in [2.75, 3.05) is 0 Å². The summed E-state index contributed by atoms with van der Waals surface area (Å²) >= 11 is 0. The van der Waals surface area contributed by atoms with Gasteiger partial charge in [0.05, 0.1) is 10.5 Å². The Morgan fingerprint density at radius 2 is 1.67 bits per heavy atom. The third-order valence-corrected chi connectivity index (χ3v) is 3.45. The van der Waals surface area contributed by atoms with Crippen molar-refractivity contribution in [1.29, 1.82) is 0 Å². The van der Waals surface area contributed by atoms with E-state index in [0.29, 0.717) is 22.6 Å². The molecule has 0 saturated carbocycles. The summed E-state index contributed by atoms with van der Waals surface area (Å²) in [5.74, 6) is 0.695. The molecule has 0 aliphatic rings. The van der Waals surface area contributed by atoms with Crippen LogP contribution in [0.15, 0.2) is 77.2 Å². The molecule has 0 N–H and O–H groups in total. The molecule has 2 aromatic carbocycles. The molecule has 0 amide bonds. The lowest BCUT2D eigenvalue weighted by molar-refractivity contribution is -0.384. The topological polar surface area (TPSA) is 73.3 Å². The number of ketones is 1. The summed E-state index contributed by atoms with van der Waals surface area (Å²) in [4.78, 5) is 22.6. The normalized spacial score (nSPS) is 10.8. The average Bonchev–Trinajstić information content (AvgIpc) is 3.09. The molecule has 24 heavy (non-hydrogen) atoms. The van der Waals surface area contributed by atoms with E-state index in [1.165, 1.54) is 12.1 Å². The van der Waals surface area contributed by atoms with Crippen molar-refractivity contribution in [1.82, 2.24) is 0 Å². The molecule has 0 unspecified atom stereocenters. The van der Waals surface area contributed by atoms with Crippen LogP contribution in [0, 0.1) is 10.1 Å². The fourth-order valence-electron chi connectivity index (χ4n) is 2.28. The van der Waals surface area contributed by atoms with Crippen LogP contribution >= 0.6 is 0 Å². The second-order valence-electron chi connectivity index (χ2n) is 5.04. The third kappa shape index (κ3) is 3.30. The monoisotopic (exact) mass is 319 g/mol. The molecule has 0 aliphatic carbocycles. The molecule has 5 heteroatoms. The van der Waals surface area contributed by atoms with E-state index in [9.17, 15) is 14.9 Å². The minimum Gasteiger partial charge on any atom is -0.456 e. The molecular weight excluding hydrogens is 306 g/mol. The van der Waals surface area contributed by atoms with E-state index in [4.69, 9.17) is 4.42 Å². The minimum atomic E-state index is -0.452. The fraction of sp³-hybridized carbons (Fsp3) is 0. The van der Waals surface area contributed by atoms with Gasteiger partial charge >= 0.3 is 0 Å². The van der Waals surface area contributed by atoms with Gasteiger partial charge in [0.15, 0.2) is 5.78 Å². The number of benzene rings is 2. The van der Waals surface area contributed by atoms with Gasteiger partial charge in [-0.05, 0) is 30.4 Å². The third-order valence-electron chi connectivity index (χ3n) is 3.45. The van der Waals surface area contributed by atoms with Crippen molar-refractivity contribution in [2.24, 2.45) is 0 Å². The molecule has 1 aromatic heterocycles. The van der Waals surface area contributed by atoms with Gasteiger partial charge < -0.3 is 4.42 Å². The number of nitrogens with zero attached hydrogens (tertiary/aromatic N) is 1. The van der Waals surface area contributed by atoms with Gasteiger partial charge in [0.25, 0.3) is 5.69 Å². The summed E-state index contributed by atoms with van der Waals surface area (Å²) in [5, 5.41) is 11.1. The number of rotatable bonds is 5. The number of carbonyl (C=O) groups is 1. The van der Waals surface area contributed by atoms with Crippen LogP contribution in [0.3, 0.4) is 0 Å². The molecule has 0 fully saturated rings. The molecule has 0 aliphatic heterocycles. The molecule has 0 spiro atoms. The number of furan rings is 1. The smallest absolute Gasteiger partial charge is 0.280 e. The largest absolute Gasteiger partial charge is 0.456 e. The van der Waals surface area contributed by atoms with Crippen LogP contribution in [0.2, 0.25) is 0 Å². The van der Waals surface area contributed by atoms with Gasteiger partial charge in [0.1, 0.15) is 11.5 Å². The number of hydrogen-bond acceptors (Lipinski definition) is 4. The Labute approximate surface area is 138 Å². The number of hydrogen-bond donors (Lipinski definition) is 0. The highest BCUT2D eigenvalue weighted by atomic mass is 16.6. The first-order chi connectivity index (χ1) is 11.6. The average molecular weight is 319 g/mol. The Balaban J connectivity index is 1.83. The number of para-hydroxylation sites is 1. The number of carbonyl (C=O) groups excluding carboxylic acids is 1. The number of allylic oxidation sites excluding steroid dienone is 1. The highest BCUT2D eigenvalue weighted by molar-refractivity contribution is 6.06. The molecule has 0 bridgehead atoms. The van der Waals surface area contributed by atoms with Crippen molar-refractivity contribution in [2.45, 2.75) is 0 Å². The van der Waals surface area contributed by atoms with Crippen LogP contribution in [-0.2, 0) is 0 Å². The highest BCUT2D eigenvalue weighted by Gasteiger charge is 2.16. The summed E-state index contributed by atoms with van der Waals surface area (Å²) in [7, 11) is 0. The van der Waals surface area contributed by atoms with E-state index in [2.05, 4.69) is 0 Å². The molecular formula is C19H13NO4. The summed E-state index contributed by atoms with van der Waals surface area (Å²) in [5.41, 5.74) is 0.957. The van der Waals surface area contributed by atoms with Crippen LogP contribution in [-0.4, -0.2) is 10.7 Å². The summed E-state index contributed by atoms with van der Waals surface area (Å²) in [6, 6.07) is 18.6. The SMILES string of the molecule is O=C(/C=C/c1ccc(-c2ccccc2[N+](=O)[O-])o1)c1ccccc1. The highest BCUT2D eigenvalue weighted by Crippen LogP contribution is 2.31. The first kappa shape index (κ1) is 15.4. The number of nitro groups is 1. The molecule has 118 valence electrons. The molecule has 5 nitrogen and oxygen atoms in total. The van der Waals surface area contributed by atoms with E-state index < -0.39 is 4.92 Å². The zero-order valence-electron chi connectivity index (χ0n) is 12.6. The van der Waals surface area contributed by atoms with Gasteiger partial charge in [-0.15, -0.1) is 0 Å². The van der Waals surface area contributed by atoms with Gasteiger partial charge in [-0.25, -0.2) is 0 Å². The van der Waals surface area contributed by atoms with Crippen molar-refractivity contribution in [3.63, 3.8) is 0 Å². The minimum absolute atomic E-state index is 0.0252. The lowest BCUT2D eigenvalue weighted by Gasteiger charge is -1.98. The van der Waals surface area contributed by atoms with Gasteiger partial charge in [-0.3, -0.25) is 14.9 Å². The van der Waals surface area contributed by atoms with Crippen LogP contribution in [0.5, 0.6) is 0 Å². The standard InChI is InChI=1S/C19H13NO4/c21-18(14-6-2-1-3-7-14)12-10-15-11-13-19(24-15)16-8-4-5-9-17(16)20(22)23/h1-13H/b12-10+. The maximum Gasteiger partial charge on any atom is 0.280 e. The Kier molecular flexibility index (Phi) is 4.34. The first-order valence-electron chi connectivity index (χ1n) is 7.26. The maximum absolute atomic E-state index is 12.0. The van der Waals surface area contributed by atoms with Crippen LogP contribution in [0.25, 0.3) is 17.4 Å². The van der Waals surface area contributed by atoms with Crippen LogP contribution in [0.4, 0.5) is 5.69 Å². The maximum atomic E-state index is 12.0. The Bertz CT molecular complexity index is 910. The quantitative estimate of drug-likeness (QED) is 0.294. The van der Waals surface area contributed by atoms with Gasteiger partial charge in [-0.1, -0.05) is 42.5 Å². The molecule has 3 rings (SSSR count). The lowest BCUT2D eigenvalue weighted by Crippen LogP contribution is -1.92. The van der Waals surface area contributed by atoms with Crippen LogP contribution in [0.1, 0.15) is 16.1 Å². The second kappa shape index (κ2) is 6.75. The Morgan fingerprint density at radius 3 is 2.42 bits per heavy atom. The number of nitro benzene ring substituents is 1. The zero-order valence-corrected chi connectivity index (χ0v) is 12.6.